The number of halogens is 2. The Hall–Kier alpha value is -4.13. The molecule has 2 aromatic carbocycles. The van der Waals surface area contributed by atoms with E-state index in [2.05, 4.69) is 10.3 Å². The van der Waals surface area contributed by atoms with Crippen molar-refractivity contribution in [3.63, 3.8) is 0 Å². The number of hydrogen-bond donors (Lipinski definition) is 5. The minimum atomic E-state index is -2.32. The molecule has 7 N–H and O–H groups in total. The van der Waals surface area contributed by atoms with Gasteiger partial charge in [-0.15, -0.1) is 0 Å². The average Bonchev–Trinajstić information content (AvgIpc) is 3.54. The highest BCUT2D eigenvalue weighted by atomic mass is 35.5. The minimum Gasteiger partial charge on any atom is -0.372 e. The summed E-state index contributed by atoms with van der Waals surface area (Å²) >= 11 is 5.85. The number of fused-ring (bicyclic) bond motifs is 1. The number of benzene rings is 2. The number of amides is 3. The van der Waals surface area contributed by atoms with Crippen molar-refractivity contribution < 1.29 is 33.5 Å². The number of aliphatic hydroxyl groups is 1. The molecule has 0 saturated carbocycles. The Bertz CT molecular complexity index is 1570. The van der Waals surface area contributed by atoms with Crippen LogP contribution in [-0.4, -0.2) is 58.1 Å². The summed E-state index contributed by atoms with van der Waals surface area (Å²) in [6.07, 6.45) is 1.45. The van der Waals surface area contributed by atoms with Crippen LogP contribution in [-0.2, 0) is 25.7 Å². The fourth-order valence-corrected chi connectivity index (χ4v) is 5.56. The molecule has 0 bridgehead atoms. The van der Waals surface area contributed by atoms with E-state index in [9.17, 15) is 33.5 Å². The smallest absolute Gasteiger partial charge is 0.268 e. The van der Waals surface area contributed by atoms with Crippen LogP contribution in [0.15, 0.2) is 42.5 Å². The van der Waals surface area contributed by atoms with Gasteiger partial charge in [0.15, 0.2) is 5.78 Å². The molecule has 0 aliphatic carbocycles. The molecule has 2 atom stereocenters. The van der Waals surface area contributed by atoms with E-state index in [1.54, 1.807) is 24.3 Å². The van der Waals surface area contributed by atoms with Crippen LogP contribution in [0.3, 0.4) is 0 Å². The van der Waals surface area contributed by atoms with Crippen LogP contribution in [0.1, 0.15) is 61.0 Å². The lowest BCUT2D eigenvalue weighted by molar-refractivity contribution is -0.149. The van der Waals surface area contributed by atoms with Gasteiger partial charge in [0.1, 0.15) is 11.6 Å². The van der Waals surface area contributed by atoms with Crippen LogP contribution in [0, 0.1) is 11.7 Å². The number of nitrogens with one attached hydrogen (secondary N) is 2. The maximum absolute atomic E-state index is 13.6. The number of Topliss-reactive ketones (excluding diaryl/α,β-unsaturated/α-hetero) is 2. The Morgan fingerprint density at radius 1 is 1.11 bits per heavy atom. The summed E-state index contributed by atoms with van der Waals surface area (Å²) in [7, 11) is 0. The lowest BCUT2D eigenvalue weighted by Crippen LogP contribution is -2.52. The predicted octanol–water partition coefficient (Wildman–Crippen LogP) is 2.90. The molecule has 2 heterocycles. The van der Waals surface area contributed by atoms with E-state index in [4.69, 9.17) is 23.1 Å². The van der Waals surface area contributed by atoms with Gasteiger partial charge in [-0.2, -0.15) is 0 Å². The second kappa shape index (κ2) is 14.1. The monoisotopic (exact) mass is 627 g/mol. The molecule has 3 amide bonds. The van der Waals surface area contributed by atoms with Crippen molar-refractivity contribution in [1.82, 2.24) is 10.3 Å². The van der Waals surface area contributed by atoms with Crippen LogP contribution in [0.2, 0.25) is 5.02 Å². The largest absolute Gasteiger partial charge is 0.372 e. The van der Waals surface area contributed by atoms with Crippen LogP contribution < -0.4 is 21.7 Å². The molecule has 1 fully saturated rings. The van der Waals surface area contributed by atoms with E-state index < -0.39 is 35.1 Å². The van der Waals surface area contributed by atoms with Gasteiger partial charge in [-0.3, -0.25) is 24.0 Å². The molecule has 1 aliphatic heterocycles. The molecular formula is C31H35ClFN5O6. The van der Waals surface area contributed by atoms with E-state index in [-0.39, 0.29) is 67.5 Å². The Morgan fingerprint density at radius 2 is 1.89 bits per heavy atom. The van der Waals surface area contributed by atoms with Gasteiger partial charge >= 0.3 is 0 Å². The highest BCUT2D eigenvalue weighted by Crippen LogP contribution is 2.31. The molecule has 3 aromatic rings. The number of carbonyl (C=O) groups excluding carboxylic acids is 5. The van der Waals surface area contributed by atoms with E-state index in [0.29, 0.717) is 41.5 Å². The van der Waals surface area contributed by atoms with E-state index in [1.165, 1.54) is 17.0 Å². The molecule has 44 heavy (non-hydrogen) atoms. The van der Waals surface area contributed by atoms with Crippen LogP contribution in [0.5, 0.6) is 0 Å². The maximum atomic E-state index is 13.6. The molecule has 0 spiro atoms. The Morgan fingerprint density at radius 3 is 2.59 bits per heavy atom. The van der Waals surface area contributed by atoms with E-state index in [1.807, 2.05) is 0 Å². The molecule has 1 aromatic heterocycles. The maximum Gasteiger partial charge on any atom is 0.268 e. The van der Waals surface area contributed by atoms with Gasteiger partial charge in [0, 0.05) is 66.3 Å². The van der Waals surface area contributed by atoms with E-state index >= 15 is 0 Å². The summed E-state index contributed by atoms with van der Waals surface area (Å²) in [5, 5.41) is 14.2. The number of aromatic nitrogens is 1. The summed E-state index contributed by atoms with van der Waals surface area (Å²) < 4.78 is 13.6. The number of nitrogens with zero attached hydrogens (tertiary/aromatic N) is 1. The number of H-pyrrole nitrogens is 1. The van der Waals surface area contributed by atoms with Gasteiger partial charge in [-0.1, -0.05) is 11.6 Å². The number of rotatable bonds is 15. The minimum absolute atomic E-state index is 0.00989. The number of hydrogen-bond acceptors (Lipinski definition) is 7. The van der Waals surface area contributed by atoms with Crippen molar-refractivity contribution in [3.05, 3.63) is 64.6 Å². The van der Waals surface area contributed by atoms with Crippen molar-refractivity contribution in [2.24, 2.45) is 17.4 Å². The molecule has 11 nitrogen and oxygen atoms in total. The Kier molecular flexibility index (Phi) is 10.5. The first-order valence-electron chi connectivity index (χ1n) is 14.4. The lowest BCUT2D eigenvalue weighted by atomic mass is 9.89. The number of ketones is 2. The van der Waals surface area contributed by atoms with Gasteiger partial charge in [-0.05, 0) is 73.8 Å². The van der Waals surface area contributed by atoms with Crippen LogP contribution in [0.4, 0.5) is 10.1 Å². The third-order valence-corrected chi connectivity index (χ3v) is 7.99. The molecule has 1 saturated heterocycles. The number of carbonyl (C=O) groups is 5. The van der Waals surface area contributed by atoms with Crippen LogP contribution in [0.25, 0.3) is 10.9 Å². The Balaban J connectivity index is 1.44. The van der Waals surface area contributed by atoms with E-state index in [0.717, 1.165) is 6.07 Å². The fourth-order valence-electron chi connectivity index (χ4n) is 5.32. The molecular weight excluding hydrogens is 593 g/mol. The molecule has 0 radical (unpaired) electrons. The van der Waals surface area contributed by atoms with Gasteiger partial charge in [-0.25, -0.2) is 4.39 Å². The highest BCUT2D eigenvalue weighted by molar-refractivity contribution is 6.30. The first-order chi connectivity index (χ1) is 20.9. The van der Waals surface area contributed by atoms with Crippen molar-refractivity contribution in [3.8, 4) is 0 Å². The average molecular weight is 628 g/mol. The lowest BCUT2D eigenvalue weighted by Gasteiger charge is -2.22. The number of unbranched alkanes of at least 4 members (excludes halogenated alkanes) is 1. The fraction of sp³-hybridized carbons (Fsp3) is 0.387. The van der Waals surface area contributed by atoms with Crippen molar-refractivity contribution in [2.45, 2.75) is 57.1 Å². The summed E-state index contributed by atoms with van der Waals surface area (Å²) in [6, 6.07) is 10.3. The first-order valence-corrected chi connectivity index (χ1v) is 14.7. The molecule has 13 heteroatoms. The van der Waals surface area contributed by atoms with Crippen molar-refractivity contribution in [1.29, 1.82) is 0 Å². The summed E-state index contributed by atoms with van der Waals surface area (Å²) in [6.45, 7) is 0.377. The van der Waals surface area contributed by atoms with Crippen LogP contribution >= 0.6 is 11.6 Å². The molecule has 234 valence electrons. The quantitative estimate of drug-likeness (QED) is 0.0972. The molecule has 0 unspecified atom stereocenters. The number of nitrogens with two attached hydrogens (primary N) is 2. The van der Waals surface area contributed by atoms with Gasteiger partial charge in [0.25, 0.3) is 11.8 Å². The predicted molar refractivity (Wildman–Crippen MR) is 162 cm³/mol. The van der Waals surface area contributed by atoms with Crippen molar-refractivity contribution in [2.75, 3.05) is 18.0 Å². The number of aromatic amines is 1. The van der Waals surface area contributed by atoms with Crippen molar-refractivity contribution >= 4 is 57.5 Å². The highest BCUT2D eigenvalue weighted by Gasteiger charge is 2.51. The normalized spacial score (nSPS) is 17.2. The third kappa shape index (κ3) is 7.68. The second-order valence-electron chi connectivity index (χ2n) is 11.0. The Labute approximate surface area is 258 Å². The number of primary amides is 1. The van der Waals surface area contributed by atoms with Gasteiger partial charge in [0.05, 0.1) is 5.69 Å². The number of anilines is 1. The third-order valence-electron chi connectivity index (χ3n) is 7.77. The summed E-state index contributed by atoms with van der Waals surface area (Å²) in [5.41, 5.74) is 10.1. The first kappa shape index (κ1) is 32.8. The molecule has 4 rings (SSSR count). The SMILES string of the molecule is NCCCCC(=O)[C@H](CCC(N)=O)CC(=O)c1cc2cc(N3CC[C@](O)(C(=O)NCc4cc(F)cc(Cl)c4)C3=O)ccc2[nH]1. The zero-order valence-corrected chi connectivity index (χ0v) is 24.8. The zero-order chi connectivity index (χ0) is 32.0. The summed E-state index contributed by atoms with van der Waals surface area (Å²) in [5.74, 6) is -3.94. The second-order valence-corrected chi connectivity index (χ2v) is 11.5. The van der Waals surface area contributed by atoms with Gasteiger partial charge in [0.2, 0.25) is 11.5 Å². The molecule has 1 aliphatic rings. The van der Waals surface area contributed by atoms with Gasteiger partial charge < -0.3 is 31.8 Å². The summed E-state index contributed by atoms with van der Waals surface area (Å²) in [4.78, 5) is 67.7. The topological polar surface area (TPSA) is 189 Å². The standard InChI is InChI=1S/C31H35ClFN5O6/c32-21-11-18(12-22(33)16-21)17-36-29(42)31(44)8-10-38(30(31)43)23-5-6-24-20(13-23)14-25(37-24)27(40)15-19(4-7-28(35)41)26(39)3-1-2-9-34/h5-6,11-14,16,19,37,44H,1-4,7-10,15,17,34H2,(H2,35,41)(H,36,42)/t19-,31+/m1/s1. The zero-order valence-electron chi connectivity index (χ0n) is 24.0.